The van der Waals surface area contributed by atoms with Crippen LogP contribution in [0.25, 0.3) is 0 Å². The fraction of sp³-hybridized carbons (Fsp3) is 0.500. The molecule has 6 nitrogen and oxygen atoms in total. The van der Waals surface area contributed by atoms with Gasteiger partial charge in [-0.15, -0.1) is 11.6 Å². The molecule has 1 rings (SSSR count). The van der Waals surface area contributed by atoms with E-state index in [4.69, 9.17) is 11.6 Å². The van der Waals surface area contributed by atoms with Crippen LogP contribution in [0.3, 0.4) is 0 Å². The second-order valence-electron chi connectivity index (χ2n) is 4.13. The number of sulfone groups is 1. The van der Waals surface area contributed by atoms with Crippen LogP contribution >= 0.6 is 11.6 Å². The Morgan fingerprint density at radius 3 is 2.48 bits per heavy atom. The van der Waals surface area contributed by atoms with E-state index < -0.39 is 42.5 Å². The molecule has 21 heavy (non-hydrogen) atoms. The molecular weight excluding hydrogens is 337 g/mol. The van der Waals surface area contributed by atoms with Gasteiger partial charge in [-0.3, -0.25) is 10.1 Å². The zero-order chi connectivity index (χ0) is 16.4. The second-order valence-corrected chi connectivity index (χ2v) is 6.84. The minimum absolute atomic E-state index is 0.0502. The molecule has 1 aromatic rings. The number of hydrogen-bond acceptors (Lipinski definition) is 5. The lowest BCUT2D eigenvalue weighted by atomic mass is 10.3. The summed E-state index contributed by atoms with van der Waals surface area (Å²) in [6.07, 6.45) is -4.66. The van der Waals surface area contributed by atoms with Crippen molar-refractivity contribution in [2.75, 3.05) is 5.88 Å². The first-order valence-electron chi connectivity index (χ1n) is 5.53. The first-order chi connectivity index (χ1) is 9.51. The Balaban J connectivity index is 3.54. The third-order valence-corrected chi connectivity index (χ3v) is 5.14. The monoisotopic (exact) mass is 346 g/mol. The molecule has 0 fully saturated rings. The molecule has 1 aromatic heterocycles. The van der Waals surface area contributed by atoms with Crippen molar-refractivity contribution < 1.29 is 26.5 Å². The lowest BCUT2D eigenvalue weighted by Gasteiger charge is -2.13. The van der Waals surface area contributed by atoms with E-state index in [1.54, 1.807) is 0 Å². The number of halogens is 4. The van der Waals surface area contributed by atoms with Gasteiger partial charge in [-0.25, -0.2) is 13.4 Å². The molecule has 0 saturated heterocycles. The van der Waals surface area contributed by atoms with Crippen molar-refractivity contribution in [2.24, 2.45) is 0 Å². The first kappa shape index (κ1) is 17.6. The van der Waals surface area contributed by atoms with Crippen LogP contribution in [-0.2, 0) is 16.0 Å². The highest BCUT2D eigenvalue weighted by Crippen LogP contribution is 2.34. The number of rotatable bonds is 5. The van der Waals surface area contributed by atoms with E-state index in [-0.39, 0.29) is 18.4 Å². The Morgan fingerprint density at radius 1 is 1.48 bits per heavy atom. The van der Waals surface area contributed by atoms with Crippen molar-refractivity contribution in [3.05, 3.63) is 28.1 Å². The van der Waals surface area contributed by atoms with Gasteiger partial charge in [0.05, 0.1) is 10.2 Å². The summed E-state index contributed by atoms with van der Waals surface area (Å²) in [7, 11) is -4.33. The van der Waals surface area contributed by atoms with Gasteiger partial charge in [0.15, 0.2) is 9.84 Å². The van der Waals surface area contributed by atoms with Gasteiger partial charge in [-0.1, -0.05) is 0 Å². The molecular formula is C10H10ClF3N2O4S. The molecule has 0 aliphatic carbocycles. The van der Waals surface area contributed by atoms with Crippen molar-refractivity contribution in [1.29, 1.82) is 0 Å². The molecule has 0 N–H and O–H groups in total. The summed E-state index contributed by atoms with van der Waals surface area (Å²) in [5.41, 5.74) is -2.51. The standard InChI is InChI=1S/C10H10ClF3N2O4S/c1-6(2-3-11)21(19,20)8-4-9(10(12,13)14)15-5-7(8)16(17)18/h4-6H,2-3H2,1H3. The van der Waals surface area contributed by atoms with Crippen LogP contribution in [0.2, 0.25) is 0 Å². The molecule has 1 atom stereocenters. The fourth-order valence-corrected chi connectivity index (χ4v) is 3.49. The van der Waals surface area contributed by atoms with Crippen LogP contribution in [0.1, 0.15) is 19.0 Å². The van der Waals surface area contributed by atoms with E-state index in [0.717, 1.165) is 0 Å². The van der Waals surface area contributed by atoms with E-state index in [9.17, 15) is 31.7 Å². The minimum atomic E-state index is -4.91. The lowest BCUT2D eigenvalue weighted by Crippen LogP contribution is -2.21. The van der Waals surface area contributed by atoms with Crippen LogP contribution in [0.4, 0.5) is 18.9 Å². The molecule has 0 amide bonds. The summed E-state index contributed by atoms with van der Waals surface area (Å²) in [6, 6.07) is 0.179. The van der Waals surface area contributed by atoms with Crippen molar-refractivity contribution in [3.8, 4) is 0 Å². The Labute approximate surface area is 123 Å². The minimum Gasteiger partial charge on any atom is -0.258 e. The summed E-state index contributed by atoms with van der Waals surface area (Å²) in [6.45, 7) is 1.22. The molecule has 0 aromatic carbocycles. The molecule has 1 heterocycles. The van der Waals surface area contributed by atoms with E-state index >= 15 is 0 Å². The van der Waals surface area contributed by atoms with Crippen LogP contribution in [0.5, 0.6) is 0 Å². The Kier molecular flexibility index (Phi) is 5.16. The van der Waals surface area contributed by atoms with Gasteiger partial charge >= 0.3 is 11.9 Å². The van der Waals surface area contributed by atoms with E-state index in [0.29, 0.717) is 6.20 Å². The van der Waals surface area contributed by atoms with Crippen LogP contribution in [-0.4, -0.2) is 29.5 Å². The number of nitrogens with zero attached hydrogens (tertiary/aromatic N) is 2. The van der Waals surface area contributed by atoms with Gasteiger partial charge in [-0.05, 0) is 19.4 Å². The van der Waals surface area contributed by atoms with Gasteiger partial charge in [0.2, 0.25) is 0 Å². The number of pyridine rings is 1. The van der Waals surface area contributed by atoms with E-state index in [1.165, 1.54) is 6.92 Å². The van der Waals surface area contributed by atoms with Gasteiger partial charge < -0.3 is 0 Å². The van der Waals surface area contributed by atoms with Crippen LogP contribution < -0.4 is 0 Å². The average molecular weight is 347 g/mol. The predicted molar refractivity (Wildman–Crippen MR) is 67.9 cm³/mol. The van der Waals surface area contributed by atoms with Crippen LogP contribution in [0, 0.1) is 10.1 Å². The van der Waals surface area contributed by atoms with Crippen molar-refractivity contribution in [3.63, 3.8) is 0 Å². The zero-order valence-corrected chi connectivity index (χ0v) is 12.2. The fourth-order valence-electron chi connectivity index (χ4n) is 1.48. The number of hydrogen-bond donors (Lipinski definition) is 0. The van der Waals surface area contributed by atoms with Crippen molar-refractivity contribution in [2.45, 2.75) is 29.7 Å². The van der Waals surface area contributed by atoms with Gasteiger partial charge in [-0.2, -0.15) is 13.2 Å². The number of nitro groups is 1. The maximum atomic E-state index is 12.6. The van der Waals surface area contributed by atoms with Crippen molar-refractivity contribution >= 4 is 27.1 Å². The quantitative estimate of drug-likeness (QED) is 0.464. The Bertz CT molecular complexity index is 648. The highest BCUT2D eigenvalue weighted by Gasteiger charge is 2.38. The molecule has 0 bridgehead atoms. The third kappa shape index (κ3) is 3.82. The normalized spacial score (nSPS) is 14.0. The zero-order valence-electron chi connectivity index (χ0n) is 10.6. The van der Waals surface area contributed by atoms with Crippen molar-refractivity contribution in [1.82, 2.24) is 4.98 Å². The largest absolute Gasteiger partial charge is 0.433 e. The van der Waals surface area contributed by atoms with E-state index in [2.05, 4.69) is 4.98 Å². The molecule has 1 unspecified atom stereocenters. The molecule has 0 aliphatic heterocycles. The van der Waals surface area contributed by atoms with Gasteiger partial charge in [0, 0.05) is 5.88 Å². The third-order valence-electron chi connectivity index (χ3n) is 2.69. The van der Waals surface area contributed by atoms with Crippen LogP contribution in [0.15, 0.2) is 17.2 Å². The topological polar surface area (TPSA) is 90.2 Å². The lowest BCUT2D eigenvalue weighted by molar-refractivity contribution is -0.388. The summed E-state index contributed by atoms with van der Waals surface area (Å²) in [5, 5.41) is 9.65. The first-order valence-corrected chi connectivity index (χ1v) is 7.61. The summed E-state index contributed by atoms with van der Waals surface area (Å²) >= 11 is 5.41. The highest BCUT2D eigenvalue weighted by molar-refractivity contribution is 7.92. The summed E-state index contributed by atoms with van der Waals surface area (Å²) in [5.74, 6) is -0.0502. The van der Waals surface area contributed by atoms with E-state index in [1.807, 2.05) is 0 Å². The second kappa shape index (κ2) is 6.14. The smallest absolute Gasteiger partial charge is 0.258 e. The molecule has 0 saturated carbocycles. The molecule has 0 radical (unpaired) electrons. The summed E-state index contributed by atoms with van der Waals surface area (Å²) in [4.78, 5) is 11.6. The van der Waals surface area contributed by atoms with Gasteiger partial charge in [0.1, 0.15) is 16.8 Å². The molecule has 118 valence electrons. The van der Waals surface area contributed by atoms with Gasteiger partial charge in [0.25, 0.3) is 0 Å². The maximum absolute atomic E-state index is 12.6. The number of aromatic nitrogens is 1. The maximum Gasteiger partial charge on any atom is 0.433 e. The molecule has 11 heteroatoms. The predicted octanol–water partition coefficient (Wildman–Crippen LogP) is 2.80. The Morgan fingerprint density at radius 2 is 2.05 bits per heavy atom. The highest BCUT2D eigenvalue weighted by atomic mass is 35.5. The SMILES string of the molecule is CC(CCCl)S(=O)(=O)c1cc(C(F)(F)F)ncc1[N+](=O)[O-]. The average Bonchev–Trinajstić information content (AvgIpc) is 2.37. The summed E-state index contributed by atoms with van der Waals surface area (Å²) < 4.78 is 62.1. The Hall–Kier alpha value is -1.42. The number of alkyl halides is 4. The molecule has 0 spiro atoms. The molecule has 0 aliphatic rings.